The molecule has 0 unspecified atom stereocenters. The van der Waals surface area contributed by atoms with Gasteiger partial charge in [-0.1, -0.05) is 42.5 Å². The highest BCUT2D eigenvalue weighted by atomic mass is 127. The lowest BCUT2D eigenvalue weighted by Gasteiger charge is -2.26. The van der Waals surface area contributed by atoms with Crippen molar-refractivity contribution in [2.24, 2.45) is 4.99 Å². The molecule has 1 fully saturated rings. The maximum atomic E-state index is 13.7. The van der Waals surface area contributed by atoms with E-state index in [0.29, 0.717) is 25.1 Å². The number of nitrogens with one attached hydrogen (secondary N) is 2. The third-order valence-electron chi connectivity index (χ3n) is 4.83. The van der Waals surface area contributed by atoms with Crippen molar-refractivity contribution in [1.29, 1.82) is 0 Å². The third kappa shape index (κ3) is 7.91. The van der Waals surface area contributed by atoms with E-state index in [1.165, 1.54) is 17.2 Å². The van der Waals surface area contributed by atoms with E-state index in [2.05, 4.69) is 44.8 Å². The normalized spacial score (nSPS) is 14.9. The molecule has 1 saturated heterocycles. The number of guanidine groups is 1. The van der Waals surface area contributed by atoms with Gasteiger partial charge in [0.1, 0.15) is 5.82 Å². The molecule has 1 aliphatic heterocycles. The molecule has 2 N–H and O–H groups in total. The van der Waals surface area contributed by atoms with Crippen molar-refractivity contribution >= 4 is 29.9 Å². The smallest absolute Gasteiger partial charge is 0.191 e. The number of benzene rings is 2. The van der Waals surface area contributed by atoms with Gasteiger partial charge in [-0.2, -0.15) is 0 Å². The van der Waals surface area contributed by atoms with E-state index in [4.69, 9.17) is 4.74 Å². The highest BCUT2D eigenvalue weighted by Crippen LogP contribution is 2.10. The van der Waals surface area contributed by atoms with Crippen molar-refractivity contribution in [2.45, 2.75) is 19.5 Å². The van der Waals surface area contributed by atoms with Gasteiger partial charge in [0.05, 0.1) is 13.2 Å². The maximum absolute atomic E-state index is 13.7. The molecule has 29 heavy (non-hydrogen) atoms. The summed E-state index contributed by atoms with van der Waals surface area (Å²) >= 11 is 0. The predicted molar refractivity (Wildman–Crippen MR) is 126 cm³/mol. The average molecular weight is 512 g/mol. The Kier molecular flexibility index (Phi) is 10.4. The van der Waals surface area contributed by atoms with Gasteiger partial charge in [0.2, 0.25) is 0 Å². The topological polar surface area (TPSA) is 48.9 Å². The zero-order valence-corrected chi connectivity index (χ0v) is 19.2. The number of hydrogen-bond acceptors (Lipinski definition) is 3. The third-order valence-corrected chi connectivity index (χ3v) is 4.83. The van der Waals surface area contributed by atoms with Crippen molar-refractivity contribution in [3.8, 4) is 0 Å². The van der Waals surface area contributed by atoms with Crippen molar-refractivity contribution in [3.63, 3.8) is 0 Å². The van der Waals surface area contributed by atoms with Crippen LogP contribution < -0.4 is 10.6 Å². The fourth-order valence-electron chi connectivity index (χ4n) is 3.28. The molecule has 0 atom stereocenters. The standard InChI is InChI=1S/C22H29FN4O.HI/c1-24-22(25-10-9-20-7-2-3-8-21(20)23)26-16-18-5-4-6-19(15-18)17-27-11-13-28-14-12-27;/h2-8,15H,9-14,16-17H2,1H3,(H2,24,25,26);1H. The number of halogens is 2. The number of rotatable bonds is 7. The number of ether oxygens (including phenoxy) is 1. The first-order chi connectivity index (χ1) is 13.7. The van der Waals surface area contributed by atoms with Crippen LogP contribution in [0, 0.1) is 5.82 Å². The molecule has 0 aromatic heterocycles. The molecule has 5 nitrogen and oxygen atoms in total. The zero-order chi connectivity index (χ0) is 19.6. The van der Waals surface area contributed by atoms with Gasteiger partial charge in [-0.05, 0) is 29.2 Å². The van der Waals surface area contributed by atoms with E-state index in [0.717, 1.165) is 38.8 Å². The Morgan fingerprint density at radius 2 is 1.83 bits per heavy atom. The van der Waals surface area contributed by atoms with E-state index in [9.17, 15) is 4.39 Å². The van der Waals surface area contributed by atoms with E-state index >= 15 is 0 Å². The van der Waals surface area contributed by atoms with Crippen molar-refractivity contribution in [3.05, 3.63) is 71.0 Å². The summed E-state index contributed by atoms with van der Waals surface area (Å²) in [7, 11) is 1.74. The summed E-state index contributed by atoms with van der Waals surface area (Å²) in [6.45, 7) is 5.87. The molecule has 2 aromatic carbocycles. The molecule has 158 valence electrons. The minimum atomic E-state index is -0.163. The molecule has 1 heterocycles. The van der Waals surface area contributed by atoms with Crippen LogP contribution in [-0.2, 0) is 24.2 Å². The van der Waals surface area contributed by atoms with Crippen LogP contribution >= 0.6 is 24.0 Å². The number of aliphatic imine (C=N–C) groups is 1. The van der Waals surface area contributed by atoms with E-state index in [1.54, 1.807) is 13.1 Å². The van der Waals surface area contributed by atoms with Crippen LogP contribution in [0.5, 0.6) is 0 Å². The number of morpholine rings is 1. The van der Waals surface area contributed by atoms with Crippen LogP contribution in [0.1, 0.15) is 16.7 Å². The molecule has 0 spiro atoms. The van der Waals surface area contributed by atoms with Gasteiger partial charge >= 0.3 is 0 Å². The highest BCUT2D eigenvalue weighted by molar-refractivity contribution is 14.0. The van der Waals surface area contributed by atoms with Gasteiger partial charge in [-0.25, -0.2) is 4.39 Å². The summed E-state index contributed by atoms with van der Waals surface area (Å²) in [6.07, 6.45) is 0.613. The van der Waals surface area contributed by atoms with E-state index in [1.807, 2.05) is 12.1 Å². The van der Waals surface area contributed by atoms with Crippen LogP contribution in [0.3, 0.4) is 0 Å². The van der Waals surface area contributed by atoms with E-state index in [-0.39, 0.29) is 29.8 Å². The van der Waals surface area contributed by atoms with Crippen molar-refractivity contribution in [1.82, 2.24) is 15.5 Å². The molecule has 0 radical (unpaired) electrons. The molecule has 0 aliphatic carbocycles. The van der Waals surface area contributed by atoms with Crippen LogP contribution in [-0.4, -0.2) is 50.8 Å². The molecule has 0 bridgehead atoms. The first-order valence-corrected chi connectivity index (χ1v) is 9.80. The molecule has 0 amide bonds. The molecule has 1 aliphatic rings. The monoisotopic (exact) mass is 512 g/mol. The highest BCUT2D eigenvalue weighted by Gasteiger charge is 2.10. The Bertz CT molecular complexity index is 781. The van der Waals surface area contributed by atoms with Gasteiger partial charge in [0, 0.05) is 39.8 Å². The summed E-state index contributed by atoms with van der Waals surface area (Å²) in [5.74, 6) is 0.555. The average Bonchev–Trinajstić information content (AvgIpc) is 2.73. The van der Waals surface area contributed by atoms with Crippen LogP contribution in [0.4, 0.5) is 4.39 Å². The molecule has 3 rings (SSSR count). The second-order valence-corrected chi connectivity index (χ2v) is 6.90. The minimum absolute atomic E-state index is 0. The zero-order valence-electron chi connectivity index (χ0n) is 16.9. The van der Waals surface area contributed by atoms with Gasteiger partial charge in [0.15, 0.2) is 5.96 Å². The summed E-state index contributed by atoms with van der Waals surface area (Å²) < 4.78 is 19.1. The maximum Gasteiger partial charge on any atom is 0.191 e. The van der Waals surface area contributed by atoms with Gasteiger partial charge in [0.25, 0.3) is 0 Å². The minimum Gasteiger partial charge on any atom is -0.379 e. The van der Waals surface area contributed by atoms with Gasteiger partial charge < -0.3 is 15.4 Å². The second-order valence-electron chi connectivity index (χ2n) is 6.90. The second kappa shape index (κ2) is 12.8. The Balaban J connectivity index is 0.00000300. The largest absolute Gasteiger partial charge is 0.379 e. The summed E-state index contributed by atoms with van der Waals surface area (Å²) in [4.78, 5) is 6.67. The number of hydrogen-bond donors (Lipinski definition) is 2. The number of nitrogens with zero attached hydrogens (tertiary/aromatic N) is 2. The van der Waals surface area contributed by atoms with Gasteiger partial charge in [-0.15, -0.1) is 24.0 Å². The first-order valence-electron chi connectivity index (χ1n) is 9.80. The lowest BCUT2D eigenvalue weighted by molar-refractivity contribution is 0.0342. The Morgan fingerprint density at radius 1 is 1.07 bits per heavy atom. The molecule has 0 saturated carbocycles. The molecule has 7 heteroatoms. The summed E-state index contributed by atoms with van der Waals surface area (Å²) in [5, 5.41) is 6.57. The van der Waals surface area contributed by atoms with Crippen molar-refractivity contribution < 1.29 is 9.13 Å². The SMILES string of the molecule is CN=C(NCCc1ccccc1F)NCc1cccc(CN2CCOCC2)c1.I. The molecule has 2 aromatic rings. The lowest BCUT2D eigenvalue weighted by atomic mass is 10.1. The molecular formula is C22H30FIN4O. The Hall–Kier alpha value is -1.71. The fourth-order valence-corrected chi connectivity index (χ4v) is 3.28. The lowest BCUT2D eigenvalue weighted by Crippen LogP contribution is -2.38. The first kappa shape index (κ1) is 23.6. The van der Waals surface area contributed by atoms with Crippen LogP contribution in [0.15, 0.2) is 53.5 Å². The Morgan fingerprint density at radius 3 is 2.59 bits per heavy atom. The van der Waals surface area contributed by atoms with Crippen LogP contribution in [0.25, 0.3) is 0 Å². The van der Waals surface area contributed by atoms with Crippen molar-refractivity contribution in [2.75, 3.05) is 39.9 Å². The molecular weight excluding hydrogens is 482 g/mol. The van der Waals surface area contributed by atoms with E-state index < -0.39 is 0 Å². The summed E-state index contributed by atoms with van der Waals surface area (Å²) in [6, 6.07) is 15.5. The Labute approximate surface area is 189 Å². The van der Waals surface area contributed by atoms with Crippen LogP contribution in [0.2, 0.25) is 0 Å². The van der Waals surface area contributed by atoms with Gasteiger partial charge in [-0.3, -0.25) is 9.89 Å². The fraction of sp³-hybridized carbons (Fsp3) is 0.409. The summed E-state index contributed by atoms with van der Waals surface area (Å²) in [5.41, 5.74) is 3.23. The quantitative estimate of drug-likeness (QED) is 0.340. The predicted octanol–water partition coefficient (Wildman–Crippen LogP) is 3.18.